The van der Waals surface area contributed by atoms with Gasteiger partial charge in [0.05, 0.1) is 19.1 Å². The van der Waals surface area contributed by atoms with E-state index in [1.165, 1.54) is 12.1 Å². The summed E-state index contributed by atoms with van der Waals surface area (Å²) in [5.74, 6) is -1.03. The van der Waals surface area contributed by atoms with Crippen molar-refractivity contribution in [1.29, 1.82) is 0 Å². The number of benzene rings is 2. The van der Waals surface area contributed by atoms with Gasteiger partial charge in [0.2, 0.25) is 11.8 Å². The Kier molecular flexibility index (Phi) is 7.05. The minimum Gasteiger partial charge on any atom is -0.394 e. The number of carbonyl (C=O) groups is 2. The highest BCUT2D eigenvalue weighted by Gasteiger charge is 2.15. The second kappa shape index (κ2) is 9.48. The molecule has 2 aromatic rings. The van der Waals surface area contributed by atoms with Gasteiger partial charge in [0.25, 0.3) is 0 Å². The smallest absolute Gasteiger partial charge is 0.247 e. The van der Waals surface area contributed by atoms with Crippen LogP contribution in [0.15, 0.2) is 61.2 Å². The average molecular weight is 356 g/mol. The Bertz CT molecular complexity index is 792. The van der Waals surface area contributed by atoms with E-state index in [1.54, 1.807) is 36.4 Å². The fourth-order valence-corrected chi connectivity index (χ4v) is 2.54. The molecule has 6 heteroatoms. The van der Waals surface area contributed by atoms with Crippen LogP contribution in [0, 0.1) is 5.82 Å². The first-order chi connectivity index (χ1) is 12.5. The van der Waals surface area contributed by atoms with Crippen molar-refractivity contribution in [2.24, 2.45) is 0 Å². The molecule has 136 valence electrons. The number of aliphatic hydroxyl groups is 1. The van der Waals surface area contributed by atoms with E-state index < -0.39 is 6.04 Å². The number of halogens is 1. The lowest BCUT2D eigenvalue weighted by molar-refractivity contribution is -0.121. The second-order valence-corrected chi connectivity index (χ2v) is 5.81. The summed E-state index contributed by atoms with van der Waals surface area (Å²) in [5.41, 5.74) is 1.85. The maximum Gasteiger partial charge on any atom is 0.247 e. The van der Waals surface area contributed by atoms with Crippen molar-refractivity contribution in [2.75, 3.05) is 11.9 Å². The van der Waals surface area contributed by atoms with Crippen LogP contribution < -0.4 is 10.6 Å². The van der Waals surface area contributed by atoms with Crippen LogP contribution in [-0.4, -0.2) is 29.6 Å². The maximum atomic E-state index is 13.3. The van der Waals surface area contributed by atoms with Gasteiger partial charge in [-0.15, -0.1) is 0 Å². The van der Waals surface area contributed by atoms with Gasteiger partial charge in [-0.3, -0.25) is 9.59 Å². The average Bonchev–Trinajstić information content (AvgIpc) is 2.62. The Morgan fingerprint density at radius 2 is 1.96 bits per heavy atom. The molecule has 0 saturated heterocycles. The zero-order chi connectivity index (χ0) is 18.9. The largest absolute Gasteiger partial charge is 0.394 e. The van der Waals surface area contributed by atoms with Gasteiger partial charge in [-0.25, -0.2) is 4.39 Å². The number of aliphatic hydroxyl groups excluding tert-OH is 1. The Balaban J connectivity index is 2.00. The molecule has 2 amide bonds. The Morgan fingerprint density at radius 1 is 1.19 bits per heavy atom. The zero-order valence-electron chi connectivity index (χ0n) is 14.2. The molecular weight excluding hydrogens is 335 g/mol. The van der Waals surface area contributed by atoms with E-state index in [0.717, 1.165) is 6.08 Å². The summed E-state index contributed by atoms with van der Waals surface area (Å²) in [6.07, 6.45) is 1.50. The minimum atomic E-state index is -0.528. The van der Waals surface area contributed by atoms with Crippen molar-refractivity contribution in [3.05, 3.63) is 78.1 Å². The van der Waals surface area contributed by atoms with E-state index in [9.17, 15) is 19.1 Å². The van der Waals surface area contributed by atoms with Crippen molar-refractivity contribution < 1.29 is 19.1 Å². The molecule has 0 fully saturated rings. The van der Waals surface area contributed by atoms with Crippen molar-refractivity contribution in [3.8, 4) is 0 Å². The third-order valence-corrected chi connectivity index (χ3v) is 3.77. The summed E-state index contributed by atoms with van der Waals surface area (Å²) in [6, 6.07) is 12.4. The lowest BCUT2D eigenvalue weighted by Gasteiger charge is -2.17. The Hall–Kier alpha value is -2.99. The van der Waals surface area contributed by atoms with Crippen LogP contribution in [0.5, 0.6) is 0 Å². The number of amides is 2. The van der Waals surface area contributed by atoms with Gasteiger partial charge in [0.15, 0.2) is 0 Å². The van der Waals surface area contributed by atoms with Gasteiger partial charge in [-0.1, -0.05) is 36.9 Å². The van der Waals surface area contributed by atoms with Gasteiger partial charge >= 0.3 is 0 Å². The van der Waals surface area contributed by atoms with Gasteiger partial charge in [-0.2, -0.15) is 0 Å². The summed E-state index contributed by atoms with van der Waals surface area (Å²) in [4.78, 5) is 23.8. The molecule has 0 heterocycles. The summed E-state index contributed by atoms with van der Waals surface area (Å²) >= 11 is 0. The first kappa shape index (κ1) is 19.3. The molecule has 0 aliphatic heterocycles. The SMILES string of the molecule is C=CC(=O)Nc1ccccc1CC(=O)NC(CO)Cc1cccc(F)c1. The molecule has 0 aliphatic rings. The highest BCUT2D eigenvalue weighted by atomic mass is 19.1. The third-order valence-electron chi connectivity index (χ3n) is 3.77. The summed E-state index contributed by atoms with van der Waals surface area (Å²) < 4.78 is 13.3. The van der Waals surface area contributed by atoms with Gasteiger partial charge in [0.1, 0.15) is 5.82 Å². The number of anilines is 1. The molecule has 0 aromatic heterocycles. The van der Waals surface area contributed by atoms with Crippen molar-refractivity contribution in [2.45, 2.75) is 18.9 Å². The van der Waals surface area contributed by atoms with Crippen molar-refractivity contribution in [3.63, 3.8) is 0 Å². The number of para-hydroxylation sites is 1. The zero-order valence-corrected chi connectivity index (χ0v) is 14.2. The molecule has 0 spiro atoms. The highest BCUT2D eigenvalue weighted by molar-refractivity contribution is 5.99. The molecule has 26 heavy (non-hydrogen) atoms. The van der Waals surface area contributed by atoms with Crippen LogP contribution >= 0.6 is 0 Å². The van der Waals surface area contributed by atoms with Crippen LogP contribution in [0.2, 0.25) is 0 Å². The molecule has 0 saturated carbocycles. The number of hydrogen-bond donors (Lipinski definition) is 3. The van der Waals surface area contributed by atoms with Crippen LogP contribution in [0.4, 0.5) is 10.1 Å². The normalized spacial score (nSPS) is 11.5. The van der Waals surface area contributed by atoms with E-state index in [4.69, 9.17) is 0 Å². The first-order valence-electron chi connectivity index (χ1n) is 8.17. The van der Waals surface area contributed by atoms with Crippen molar-refractivity contribution >= 4 is 17.5 Å². The summed E-state index contributed by atoms with van der Waals surface area (Å²) in [6.45, 7) is 3.13. The van der Waals surface area contributed by atoms with Crippen LogP contribution in [0.1, 0.15) is 11.1 Å². The molecule has 2 aromatic carbocycles. The topological polar surface area (TPSA) is 78.4 Å². The lowest BCUT2D eigenvalue weighted by Crippen LogP contribution is -2.40. The predicted molar refractivity (Wildman–Crippen MR) is 98.1 cm³/mol. The summed E-state index contributed by atoms with van der Waals surface area (Å²) in [7, 11) is 0. The maximum absolute atomic E-state index is 13.3. The van der Waals surface area contributed by atoms with Gasteiger partial charge in [-0.05, 0) is 41.8 Å². The van der Waals surface area contributed by atoms with E-state index >= 15 is 0 Å². The fourth-order valence-electron chi connectivity index (χ4n) is 2.54. The van der Waals surface area contributed by atoms with E-state index in [-0.39, 0.29) is 30.7 Å². The standard InChI is InChI=1S/C20H21FN2O3/c1-2-19(25)23-18-9-4-3-7-15(18)12-20(26)22-17(13-24)11-14-6-5-8-16(21)10-14/h2-10,17,24H,1,11-13H2,(H,22,26)(H,23,25). The molecule has 2 rings (SSSR count). The molecule has 0 radical (unpaired) electrons. The van der Waals surface area contributed by atoms with Crippen LogP contribution in [0.25, 0.3) is 0 Å². The Labute approximate surface area is 151 Å². The highest BCUT2D eigenvalue weighted by Crippen LogP contribution is 2.16. The van der Waals surface area contributed by atoms with E-state index in [1.807, 2.05) is 0 Å². The molecule has 1 unspecified atom stereocenters. The first-order valence-corrected chi connectivity index (χ1v) is 8.17. The number of carbonyl (C=O) groups excluding carboxylic acids is 2. The fraction of sp³-hybridized carbons (Fsp3) is 0.200. The van der Waals surface area contributed by atoms with E-state index in [2.05, 4.69) is 17.2 Å². The van der Waals surface area contributed by atoms with Crippen molar-refractivity contribution in [1.82, 2.24) is 5.32 Å². The predicted octanol–water partition coefficient (Wildman–Crippen LogP) is 2.21. The monoisotopic (exact) mass is 356 g/mol. The second-order valence-electron chi connectivity index (χ2n) is 5.81. The molecule has 5 nitrogen and oxygen atoms in total. The number of nitrogens with one attached hydrogen (secondary N) is 2. The van der Waals surface area contributed by atoms with Gasteiger partial charge < -0.3 is 15.7 Å². The molecular formula is C20H21FN2O3. The van der Waals surface area contributed by atoms with Crippen LogP contribution in [0.3, 0.4) is 0 Å². The molecule has 0 bridgehead atoms. The van der Waals surface area contributed by atoms with Crippen LogP contribution in [-0.2, 0) is 22.4 Å². The third kappa shape index (κ3) is 5.82. The van der Waals surface area contributed by atoms with Gasteiger partial charge in [0, 0.05) is 5.69 Å². The molecule has 3 N–H and O–H groups in total. The molecule has 0 aliphatic carbocycles. The number of rotatable bonds is 8. The van der Waals surface area contributed by atoms with E-state index in [0.29, 0.717) is 23.2 Å². The lowest BCUT2D eigenvalue weighted by atomic mass is 10.0. The molecule has 1 atom stereocenters. The number of hydrogen-bond acceptors (Lipinski definition) is 3. The Morgan fingerprint density at radius 3 is 2.65 bits per heavy atom. The quantitative estimate of drug-likeness (QED) is 0.635. The minimum absolute atomic E-state index is 0.0350. The summed E-state index contributed by atoms with van der Waals surface area (Å²) in [5, 5.41) is 14.9.